The third-order valence-electron chi connectivity index (χ3n) is 16.8. The van der Waals surface area contributed by atoms with Gasteiger partial charge in [-0.25, -0.2) is 0 Å². The number of hydrogen-bond donors (Lipinski definition) is 0. The van der Waals surface area contributed by atoms with E-state index in [1.807, 2.05) is 0 Å². The molecule has 0 heterocycles. The molecule has 6 fully saturated rings. The molecule has 0 aromatic carbocycles. The van der Waals surface area contributed by atoms with Crippen molar-refractivity contribution in [3.63, 3.8) is 0 Å². The van der Waals surface area contributed by atoms with Crippen molar-refractivity contribution in [1.29, 1.82) is 0 Å². The van der Waals surface area contributed by atoms with Crippen LogP contribution in [0.3, 0.4) is 0 Å². The van der Waals surface area contributed by atoms with Crippen LogP contribution in [0.1, 0.15) is 171 Å². The van der Waals surface area contributed by atoms with Gasteiger partial charge in [-0.05, 0) is 147 Å². The maximum Gasteiger partial charge on any atom is 0.0332 e. The lowest BCUT2D eigenvalue weighted by Gasteiger charge is -2.61. The third kappa shape index (κ3) is 5.11. The highest BCUT2D eigenvalue weighted by atomic mass is 15.2. The van der Waals surface area contributed by atoms with Crippen molar-refractivity contribution in [1.82, 2.24) is 0 Å². The van der Waals surface area contributed by atoms with Crippen molar-refractivity contribution in [2.24, 2.45) is 78.2 Å². The van der Waals surface area contributed by atoms with Crippen LogP contribution in [-0.2, 0) is 0 Å². The number of rotatable bonds is 5. The van der Waals surface area contributed by atoms with Crippen LogP contribution in [0.5, 0.6) is 0 Å². The van der Waals surface area contributed by atoms with E-state index in [1.165, 1.54) is 116 Å². The molecule has 0 amide bonds. The molecular formula is C40H68N2. The second-order valence-electron chi connectivity index (χ2n) is 19.0. The fourth-order valence-electron chi connectivity index (χ4n) is 13.0. The predicted molar refractivity (Wildman–Crippen MR) is 181 cm³/mol. The van der Waals surface area contributed by atoms with Crippen molar-refractivity contribution in [2.45, 2.75) is 171 Å². The molecule has 2 nitrogen and oxygen atoms in total. The first-order valence-corrected chi connectivity index (χ1v) is 18.9. The lowest BCUT2D eigenvalue weighted by Crippen LogP contribution is -2.54. The topological polar surface area (TPSA) is 24.7 Å². The van der Waals surface area contributed by atoms with Gasteiger partial charge in [-0.1, -0.05) is 81.1 Å². The highest BCUT2D eigenvalue weighted by molar-refractivity contribution is 5.70. The minimum atomic E-state index is 0.218. The van der Waals surface area contributed by atoms with E-state index < -0.39 is 0 Å². The SMILES string of the molecule is CCC1(C)CCC2(C)C(CCC3C2CCCC3(C)/C=N/N=C/C2(C)CCCC3C2CCC2CC(C)(CC)CCC23C)C1. The van der Waals surface area contributed by atoms with E-state index in [4.69, 9.17) is 10.2 Å². The molecule has 12 atom stereocenters. The number of fused-ring (bicyclic) bond motifs is 6. The van der Waals surface area contributed by atoms with Gasteiger partial charge in [0.2, 0.25) is 0 Å². The van der Waals surface area contributed by atoms with Crippen molar-refractivity contribution in [2.75, 3.05) is 0 Å². The Morgan fingerprint density at radius 2 is 0.905 bits per heavy atom. The molecule has 0 N–H and O–H groups in total. The Kier molecular flexibility index (Phi) is 8.20. The van der Waals surface area contributed by atoms with Crippen molar-refractivity contribution < 1.29 is 0 Å². The average molecular weight is 577 g/mol. The van der Waals surface area contributed by atoms with Crippen molar-refractivity contribution in [3.05, 3.63) is 0 Å². The normalized spacial score (nSPS) is 54.7. The molecule has 2 heteroatoms. The maximum atomic E-state index is 4.97. The first kappa shape index (κ1) is 31.3. The Bertz CT molecular complexity index is 964. The Hall–Kier alpha value is -0.660. The quantitative estimate of drug-likeness (QED) is 0.230. The highest BCUT2D eigenvalue weighted by Crippen LogP contribution is 2.66. The second kappa shape index (κ2) is 11.0. The Balaban J connectivity index is 1.15. The fourth-order valence-corrected chi connectivity index (χ4v) is 13.0. The first-order chi connectivity index (χ1) is 19.8. The van der Waals surface area contributed by atoms with Gasteiger partial charge in [0.25, 0.3) is 0 Å². The second-order valence-corrected chi connectivity index (χ2v) is 19.0. The largest absolute Gasteiger partial charge is 0.163 e. The third-order valence-corrected chi connectivity index (χ3v) is 16.8. The molecule has 6 aliphatic carbocycles. The fraction of sp³-hybridized carbons (Fsp3) is 0.950. The summed E-state index contributed by atoms with van der Waals surface area (Å²) >= 11 is 0. The van der Waals surface area contributed by atoms with Gasteiger partial charge in [-0.2, -0.15) is 10.2 Å². The van der Waals surface area contributed by atoms with Crippen LogP contribution < -0.4 is 0 Å². The summed E-state index contributed by atoms with van der Waals surface area (Å²) in [4.78, 5) is 0. The molecule has 0 aromatic heterocycles. The minimum Gasteiger partial charge on any atom is -0.163 e. The summed E-state index contributed by atoms with van der Waals surface area (Å²) in [5.74, 6) is 5.22. The van der Waals surface area contributed by atoms with Gasteiger partial charge in [-0.3, -0.25) is 0 Å². The molecule has 42 heavy (non-hydrogen) atoms. The zero-order chi connectivity index (χ0) is 30.0. The lowest BCUT2D eigenvalue weighted by molar-refractivity contribution is -0.109. The van der Waals surface area contributed by atoms with Gasteiger partial charge in [-0.15, -0.1) is 0 Å². The molecule has 6 aliphatic rings. The van der Waals surface area contributed by atoms with E-state index in [9.17, 15) is 0 Å². The monoisotopic (exact) mass is 577 g/mol. The predicted octanol–water partition coefficient (Wildman–Crippen LogP) is 11.9. The summed E-state index contributed by atoms with van der Waals surface area (Å²) in [5.41, 5.74) is 2.70. The van der Waals surface area contributed by atoms with E-state index in [0.29, 0.717) is 21.7 Å². The molecule has 0 aliphatic heterocycles. The molecule has 0 saturated heterocycles. The Morgan fingerprint density at radius 3 is 1.29 bits per heavy atom. The highest BCUT2D eigenvalue weighted by Gasteiger charge is 2.58. The van der Waals surface area contributed by atoms with Crippen LogP contribution in [0.25, 0.3) is 0 Å². The van der Waals surface area contributed by atoms with Crippen LogP contribution >= 0.6 is 0 Å². The van der Waals surface area contributed by atoms with E-state index in [0.717, 1.165) is 35.5 Å². The summed E-state index contributed by atoms with van der Waals surface area (Å²) in [6, 6.07) is 0. The van der Waals surface area contributed by atoms with Crippen LogP contribution in [0.4, 0.5) is 0 Å². The van der Waals surface area contributed by atoms with Crippen LogP contribution in [0.2, 0.25) is 0 Å². The van der Waals surface area contributed by atoms with Crippen LogP contribution in [0.15, 0.2) is 10.2 Å². The van der Waals surface area contributed by atoms with E-state index in [1.54, 1.807) is 0 Å². The molecule has 0 aromatic rings. The molecule has 238 valence electrons. The maximum absolute atomic E-state index is 4.97. The summed E-state index contributed by atoms with van der Waals surface area (Å²) in [6.45, 7) is 20.5. The van der Waals surface area contributed by atoms with Crippen LogP contribution in [-0.4, -0.2) is 12.4 Å². The number of hydrogen-bond acceptors (Lipinski definition) is 2. The summed E-state index contributed by atoms with van der Waals surface area (Å²) < 4.78 is 0. The van der Waals surface area contributed by atoms with Gasteiger partial charge >= 0.3 is 0 Å². The van der Waals surface area contributed by atoms with E-state index in [-0.39, 0.29) is 10.8 Å². The van der Waals surface area contributed by atoms with Crippen molar-refractivity contribution in [3.8, 4) is 0 Å². The van der Waals surface area contributed by atoms with E-state index >= 15 is 0 Å². The van der Waals surface area contributed by atoms with Gasteiger partial charge in [0.05, 0.1) is 0 Å². The van der Waals surface area contributed by atoms with Gasteiger partial charge in [0.1, 0.15) is 0 Å². The van der Waals surface area contributed by atoms with Crippen molar-refractivity contribution >= 4 is 12.4 Å². The molecule has 12 unspecified atom stereocenters. The Labute approximate surface area is 261 Å². The summed E-state index contributed by atoms with van der Waals surface area (Å²) in [6.07, 6.45) is 30.1. The smallest absolute Gasteiger partial charge is 0.0332 e. The summed E-state index contributed by atoms with van der Waals surface area (Å²) in [5, 5.41) is 9.94. The van der Waals surface area contributed by atoms with Gasteiger partial charge < -0.3 is 0 Å². The average Bonchev–Trinajstić information content (AvgIpc) is 2.97. The number of nitrogens with zero attached hydrogens (tertiary/aromatic N) is 2. The molecule has 6 saturated carbocycles. The molecule has 0 radical (unpaired) electrons. The molecule has 0 bridgehead atoms. The first-order valence-electron chi connectivity index (χ1n) is 18.9. The van der Waals surface area contributed by atoms with Gasteiger partial charge in [0.15, 0.2) is 0 Å². The standard InChI is InChI=1S/C40H68N2/c1-9-35(3)21-23-39(7)29(25-35)15-17-31-33(39)13-11-19-37(31,5)27-41-42-28-38(6)20-12-14-34-32(38)18-16-30-26-36(4,10-2)22-24-40(30,34)8/h27-34H,9-26H2,1-8H3/b41-27+,42-28+. The minimum absolute atomic E-state index is 0.218. The molecular weight excluding hydrogens is 508 g/mol. The zero-order valence-electron chi connectivity index (χ0n) is 29.2. The van der Waals surface area contributed by atoms with Gasteiger partial charge in [0, 0.05) is 23.3 Å². The molecule has 0 spiro atoms. The summed E-state index contributed by atoms with van der Waals surface area (Å²) in [7, 11) is 0. The molecule has 6 rings (SSSR count). The Morgan fingerprint density at radius 1 is 0.500 bits per heavy atom. The van der Waals surface area contributed by atoms with E-state index in [2.05, 4.69) is 67.8 Å². The van der Waals surface area contributed by atoms with Crippen LogP contribution in [0, 0.1) is 68.0 Å². The lowest BCUT2D eigenvalue weighted by atomic mass is 9.43. The zero-order valence-corrected chi connectivity index (χ0v) is 29.2.